The minimum atomic E-state index is -1.38. The summed E-state index contributed by atoms with van der Waals surface area (Å²) >= 11 is 0. The van der Waals surface area contributed by atoms with Gasteiger partial charge in [0.05, 0.1) is 13.7 Å². The molecular formula is C8H17NO6. The lowest BCUT2D eigenvalue weighted by molar-refractivity contribution is -0.320. The first-order chi connectivity index (χ1) is 7.02. The molecule has 15 heavy (non-hydrogen) atoms. The number of rotatable bonds is 3. The number of likely N-dealkylation sites (N-methyl/N-ethyl adjacent to an activating group) is 1. The topological polar surface area (TPSA) is 103 Å². The summed E-state index contributed by atoms with van der Waals surface area (Å²) in [6, 6.07) is 0. The molecule has 0 amide bonds. The van der Waals surface area contributed by atoms with E-state index in [0.29, 0.717) is 0 Å². The maximum Gasteiger partial charge on any atom is 0.161 e. The van der Waals surface area contributed by atoms with Crippen LogP contribution in [0.3, 0.4) is 0 Å². The van der Waals surface area contributed by atoms with Crippen LogP contribution in [0.1, 0.15) is 0 Å². The smallest absolute Gasteiger partial charge is 0.161 e. The third-order valence-corrected chi connectivity index (χ3v) is 2.51. The Bertz CT molecular complexity index is 202. The number of hydrogen-bond donors (Lipinski definition) is 4. The van der Waals surface area contributed by atoms with E-state index in [2.05, 4.69) is 0 Å². The first-order valence-corrected chi connectivity index (χ1v) is 4.60. The molecule has 1 fully saturated rings. The number of ether oxygens (including phenoxy) is 1. The molecule has 90 valence electrons. The highest BCUT2D eigenvalue weighted by atomic mass is 16.7. The third kappa shape index (κ3) is 2.45. The fourth-order valence-electron chi connectivity index (χ4n) is 1.49. The van der Waals surface area contributed by atoms with Crippen LogP contribution in [0.25, 0.3) is 0 Å². The molecule has 0 aromatic rings. The largest absolute Gasteiger partial charge is 0.394 e. The van der Waals surface area contributed by atoms with Gasteiger partial charge in [-0.1, -0.05) is 0 Å². The monoisotopic (exact) mass is 223 g/mol. The summed E-state index contributed by atoms with van der Waals surface area (Å²) in [5.41, 5.74) is 0. The molecule has 0 saturated carbocycles. The van der Waals surface area contributed by atoms with Crippen LogP contribution in [-0.2, 0) is 9.57 Å². The van der Waals surface area contributed by atoms with Gasteiger partial charge in [0.2, 0.25) is 0 Å². The van der Waals surface area contributed by atoms with Gasteiger partial charge in [0.1, 0.15) is 24.4 Å². The van der Waals surface area contributed by atoms with E-state index < -0.39 is 37.3 Å². The zero-order chi connectivity index (χ0) is 11.6. The van der Waals surface area contributed by atoms with Gasteiger partial charge in [-0.15, -0.1) is 0 Å². The zero-order valence-corrected chi connectivity index (χ0v) is 8.65. The van der Waals surface area contributed by atoms with E-state index in [1.54, 1.807) is 0 Å². The van der Waals surface area contributed by atoms with E-state index in [0.717, 1.165) is 0 Å². The Morgan fingerprint density at radius 2 is 1.80 bits per heavy atom. The van der Waals surface area contributed by atoms with Crippen molar-refractivity contribution in [1.29, 1.82) is 0 Å². The average molecular weight is 223 g/mol. The molecule has 0 aromatic carbocycles. The van der Waals surface area contributed by atoms with E-state index in [1.807, 2.05) is 0 Å². The minimum absolute atomic E-state index is 0.445. The lowest BCUT2D eigenvalue weighted by Gasteiger charge is -2.42. The van der Waals surface area contributed by atoms with E-state index in [4.69, 9.17) is 14.7 Å². The van der Waals surface area contributed by atoms with Crippen molar-refractivity contribution in [3.63, 3.8) is 0 Å². The number of aliphatic hydroxyl groups excluding tert-OH is 4. The summed E-state index contributed by atoms with van der Waals surface area (Å²) in [4.78, 5) is 4.81. The third-order valence-electron chi connectivity index (χ3n) is 2.51. The fraction of sp³-hybridized carbons (Fsp3) is 1.00. The highest BCUT2D eigenvalue weighted by Crippen LogP contribution is 2.22. The molecule has 0 aromatic heterocycles. The number of nitrogens with zero attached hydrogens (tertiary/aromatic N) is 1. The highest BCUT2D eigenvalue weighted by molar-refractivity contribution is 4.90. The van der Waals surface area contributed by atoms with Crippen molar-refractivity contribution >= 4 is 0 Å². The predicted molar refractivity (Wildman–Crippen MR) is 48.5 cm³/mol. The molecule has 1 aliphatic heterocycles. The van der Waals surface area contributed by atoms with Crippen LogP contribution in [0.2, 0.25) is 0 Å². The Hall–Kier alpha value is -0.280. The first kappa shape index (κ1) is 12.8. The second kappa shape index (κ2) is 5.17. The van der Waals surface area contributed by atoms with Crippen molar-refractivity contribution < 1.29 is 30.0 Å². The molecule has 0 aliphatic carbocycles. The van der Waals surface area contributed by atoms with Gasteiger partial charge < -0.3 is 25.2 Å². The van der Waals surface area contributed by atoms with Gasteiger partial charge in [-0.3, -0.25) is 4.84 Å². The van der Waals surface area contributed by atoms with Gasteiger partial charge in [-0.05, 0) is 0 Å². The lowest BCUT2D eigenvalue weighted by atomic mass is 9.98. The van der Waals surface area contributed by atoms with E-state index in [-0.39, 0.29) is 0 Å². The SMILES string of the molecule is CON(C)[C@@H]1OC(CO)[C@H](O)C(O)[C@H]1O. The summed E-state index contributed by atoms with van der Waals surface area (Å²) in [5.74, 6) is 0. The first-order valence-electron chi connectivity index (χ1n) is 4.60. The minimum Gasteiger partial charge on any atom is -0.394 e. The van der Waals surface area contributed by atoms with Crippen LogP contribution in [0.5, 0.6) is 0 Å². The molecular weight excluding hydrogens is 206 g/mol. The standard InChI is InChI=1S/C8H17NO6/c1-9(14-2)8-7(13)6(12)5(11)4(3-10)15-8/h4-8,10-13H,3H2,1-2H3/t4?,5-,6?,7+,8+/m0/s1. The highest BCUT2D eigenvalue weighted by Gasteiger charge is 2.45. The Labute approximate surface area is 87.4 Å². The van der Waals surface area contributed by atoms with Gasteiger partial charge in [-0.2, -0.15) is 5.06 Å². The Morgan fingerprint density at radius 3 is 2.27 bits per heavy atom. The number of hydrogen-bond acceptors (Lipinski definition) is 7. The van der Waals surface area contributed by atoms with Crippen molar-refractivity contribution in [2.24, 2.45) is 0 Å². The summed E-state index contributed by atoms with van der Waals surface area (Å²) in [5, 5.41) is 38.6. The Balaban J connectivity index is 2.74. The van der Waals surface area contributed by atoms with Crippen molar-refractivity contribution in [3.8, 4) is 0 Å². The summed E-state index contributed by atoms with van der Waals surface area (Å²) in [7, 11) is 2.88. The van der Waals surface area contributed by atoms with Crippen LogP contribution >= 0.6 is 0 Å². The van der Waals surface area contributed by atoms with Crippen molar-refractivity contribution in [1.82, 2.24) is 5.06 Å². The molecule has 0 radical (unpaired) electrons. The molecule has 7 heteroatoms. The molecule has 0 spiro atoms. The molecule has 5 atom stereocenters. The van der Waals surface area contributed by atoms with Crippen molar-refractivity contribution in [3.05, 3.63) is 0 Å². The molecule has 2 unspecified atom stereocenters. The van der Waals surface area contributed by atoms with E-state index >= 15 is 0 Å². The molecule has 1 heterocycles. The van der Waals surface area contributed by atoms with Gasteiger partial charge in [0.15, 0.2) is 6.23 Å². The zero-order valence-electron chi connectivity index (χ0n) is 8.65. The van der Waals surface area contributed by atoms with Gasteiger partial charge in [0, 0.05) is 7.05 Å². The number of aliphatic hydroxyl groups is 4. The van der Waals surface area contributed by atoms with E-state index in [1.165, 1.54) is 19.2 Å². The Kier molecular flexibility index (Phi) is 4.41. The maximum atomic E-state index is 9.58. The molecule has 0 bridgehead atoms. The van der Waals surface area contributed by atoms with Gasteiger partial charge >= 0.3 is 0 Å². The quantitative estimate of drug-likeness (QED) is 0.385. The van der Waals surface area contributed by atoms with Crippen LogP contribution in [0.15, 0.2) is 0 Å². The molecule has 1 saturated heterocycles. The van der Waals surface area contributed by atoms with Gasteiger partial charge in [0.25, 0.3) is 0 Å². The van der Waals surface area contributed by atoms with E-state index in [9.17, 15) is 15.3 Å². The second-order valence-corrected chi connectivity index (χ2v) is 3.45. The predicted octanol–water partition coefficient (Wildman–Crippen LogP) is -2.72. The van der Waals surface area contributed by atoms with Crippen LogP contribution in [0, 0.1) is 0 Å². The summed E-state index contributed by atoms with van der Waals surface area (Å²) in [6.45, 7) is -0.445. The van der Waals surface area contributed by atoms with Crippen LogP contribution < -0.4 is 0 Å². The number of hydroxylamine groups is 2. The molecule has 1 aliphatic rings. The summed E-state index contributed by atoms with van der Waals surface area (Å²) < 4.78 is 5.17. The van der Waals surface area contributed by atoms with Crippen molar-refractivity contribution in [2.75, 3.05) is 20.8 Å². The van der Waals surface area contributed by atoms with Crippen molar-refractivity contribution in [2.45, 2.75) is 30.6 Å². The fourth-order valence-corrected chi connectivity index (χ4v) is 1.49. The maximum absolute atomic E-state index is 9.58. The normalized spacial score (nSPS) is 42.2. The molecule has 7 nitrogen and oxygen atoms in total. The van der Waals surface area contributed by atoms with Crippen LogP contribution in [0.4, 0.5) is 0 Å². The second-order valence-electron chi connectivity index (χ2n) is 3.45. The average Bonchev–Trinajstić information content (AvgIpc) is 2.25. The lowest BCUT2D eigenvalue weighted by Crippen LogP contribution is -2.62. The molecule has 4 N–H and O–H groups in total. The summed E-state index contributed by atoms with van der Waals surface area (Å²) in [6.07, 6.45) is -5.85. The Morgan fingerprint density at radius 1 is 1.20 bits per heavy atom. The molecule has 1 rings (SSSR count). The van der Waals surface area contributed by atoms with Crippen LogP contribution in [-0.4, -0.2) is 76.9 Å². The van der Waals surface area contributed by atoms with Gasteiger partial charge in [-0.25, -0.2) is 0 Å².